The fraction of sp³-hybridized carbons (Fsp3) is 0.560. The zero-order valence-electron chi connectivity index (χ0n) is 19.0. The lowest BCUT2D eigenvalue weighted by atomic mass is 10.0. The van der Waals surface area contributed by atoms with Gasteiger partial charge in [-0.15, -0.1) is 0 Å². The van der Waals surface area contributed by atoms with E-state index in [9.17, 15) is 9.59 Å². The first-order valence-electron chi connectivity index (χ1n) is 11.8. The van der Waals surface area contributed by atoms with E-state index in [4.69, 9.17) is 5.26 Å². The number of Topliss-reactive ketones (excluding diaryl/α,β-unsaturated/α-hetero) is 1. The molecule has 0 saturated carbocycles. The molecule has 7 nitrogen and oxygen atoms in total. The van der Waals surface area contributed by atoms with Crippen LogP contribution in [0.15, 0.2) is 30.5 Å². The Bertz CT molecular complexity index is 999. The number of ketones is 1. The molecule has 7 heteroatoms. The lowest BCUT2D eigenvalue weighted by Crippen LogP contribution is -2.52. The number of nitrogens with zero attached hydrogens (tertiary/aromatic N) is 5. The second-order valence-electron chi connectivity index (χ2n) is 9.07. The zero-order chi connectivity index (χ0) is 22.5. The average molecular weight is 436 g/mol. The molecule has 0 spiro atoms. The van der Waals surface area contributed by atoms with Crippen LogP contribution in [0.25, 0.3) is 10.9 Å². The summed E-state index contributed by atoms with van der Waals surface area (Å²) in [5, 5.41) is 9.88. The molecule has 2 aromatic rings. The Morgan fingerprint density at radius 3 is 2.47 bits per heavy atom. The molecule has 2 aliphatic rings. The van der Waals surface area contributed by atoms with E-state index in [1.807, 2.05) is 39.9 Å². The number of fused-ring (bicyclic) bond motifs is 1. The van der Waals surface area contributed by atoms with Crippen LogP contribution >= 0.6 is 0 Å². The number of carbonyl (C=O) groups is 2. The van der Waals surface area contributed by atoms with Gasteiger partial charge in [0, 0.05) is 68.0 Å². The van der Waals surface area contributed by atoms with Crippen molar-refractivity contribution < 1.29 is 9.59 Å². The zero-order valence-corrected chi connectivity index (χ0v) is 19.0. The van der Waals surface area contributed by atoms with Crippen LogP contribution in [0.2, 0.25) is 0 Å². The molecule has 1 aromatic heterocycles. The maximum atomic E-state index is 13.1. The summed E-state index contributed by atoms with van der Waals surface area (Å²) in [6.07, 6.45) is 5.75. The van der Waals surface area contributed by atoms with Gasteiger partial charge in [-0.25, -0.2) is 0 Å². The molecule has 1 aromatic carbocycles. The van der Waals surface area contributed by atoms with Gasteiger partial charge in [-0.2, -0.15) is 5.26 Å². The van der Waals surface area contributed by atoms with Crippen LogP contribution in [0.4, 0.5) is 0 Å². The number of benzene rings is 1. The molecule has 2 fully saturated rings. The largest absolute Gasteiger partial charge is 0.346 e. The van der Waals surface area contributed by atoms with E-state index in [1.54, 1.807) is 0 Å². The van der Waals surface area contributed by atoms with Crippen molar-refractivity contribution in [2.45, 2.75) is 45.2 Å². The van der Waals surface area contributed by atoms with Gasteiger partial charge >= 0.3 is 0 Å². The third-order valence-corrected chi connectivity index (χ3v) is 6.87. The highest BCUT2D eigenvalue weighted by atomic mass is 16.2. The third kappa shape index (κ3) is 5.03. The third-order valence-electron chi connectivity index (χ3n) is 6.87. The molecular formula is C25H33N5O2. The first-order chi connectivity index (χ1) is 15.6. The van der Waals surface area contributed by atoms with Crippen LogP contribution in [0.5, 0.6) is 0 Å². The Kier molecular flexibility index (Phi) is 7.23. The van der Waals surface area contributed by atoms with E-state index in [1.165, 1.54) is 6.42 Å². The Morgan fingerprint density at radius 2 is 1.75 bits per heavy atom. The van der Waals surface area contributed by atoms with Gasteiger partial charge in [0.2, 0.25) is 5.91 Å². The molecule has 0 bridgehead atoms. The predicted octanol–water partition coefficient (Wildman–Crippen LogP) is 2.76. The topological polar surface area (TPSA) is 72.6 Å². The minimum atomic E-state index is 0.114. The van der Waals surface area contributed by atoms with Gasteiger partial charge in [0.1, 0.15) is 0 Å². The summed E-state index contributed by atoms with van der Waals surface area (Å²) in [6.45, 7) is 7.70. The molecule has 0 radical (unpaired) electrons. The van der Waals surface area contributed by atoms with E-state index >= 15 is 0 Å². The molecule has 1 unspecified atom stereocenters. The number of piperidine rings is 1. The summed E-state index contributed by atoms with van der Waals surface area (Å²) in [7, 11) is 0. The highest BCUT2D eigenvalue weighted by Crippen LogP contribution is 2.23. The van der Waals surface area contributed by atoms with Crippen molar-refractivity contribution >= 4 is 22.6 Å². The number of aromatic nitrogens is 1. The Labute approximate surface area is 190 Å². The summed E-state index contributed by atoms with van der Waals surface area (Å²) in [4.78, 5) is 32.3. The van der Waals surface area contributed by atoms with Crippen molar-refractivity contribution in [3.05, 3.63) is 36.0 Å². The molecule has 2 aliphatic heterocycles. The van der Waals surface area contributed by atoms with Crippen LogP contribution in [0.1, 0.15) is 43.0 Å². The van der Waals surface area contributed by atoms with Crippen molar-refractivity contribution in [3.8, 4) is 6.07 Å². The van der Waals surface area contributed by atoms with Crippen LogP contribution < -0.4 is 0 Å². The summed E-state index contributed by atoms with van der Waals surface area (Å²) in [5.41, 5.74) is 1.73. The predicted molar refractivity (Wildman–Crippen MR) is 124 cm³/mol. The van der Waals surface area contributed by atoms with Crippen LogP contribution in [0.3, 0.4) is 0 Å². The standard InChI is InChI=1S/C25H33N5O2/c1-20-7-4-5-12-30(20)25(32)19-28-15-13-27(14-16-28)18-24(31)22-17-29(11-6-10-26)23-9-3-2-8-21(22)23/h2-3,8-9,17,20H,4-7,11-16,18-19H2,1H3. The fourth-order valence-corrected chi connectivity index (χ4v) is 4.97. The van der Waals surface area contributed by atoms with Crippen LogP contribution in [0, 0.1) is 11.3 Å². The molecule has 0 aliphatic carbocycles. The normalized spacial score (nSPS) is 20.4. The lowest BCUT2D eigenvalue weighted by molar-refractivity contribution is -0.136. The molecule has 2 saturated heterocycles. The number of hydrogen-bond donors (Lipinski definition) is 0. The number of nitriles is 1. The number of aryl methyl sites for hydroxylation is 1. The van der Waals surface area contributed by atoms with E-state index in [-0.39, 0.29) is 11.7 Å². The first kappa shape index (κ1) is 22.5. The number of rotatable bonds is 7. The lowest BCUT2D eigenvalue weighted by Gasteiger charge is -2.37. The first-order valence-corrected chi connectivity index (χ1v) is 11.8. The number of hydrogen-bond acceptors (Lipinski definition) is 5. The van der Waals surface area contributed by atoms with Gasteiger partial charge in [0.15, 0.2) is 5.78 Å². The number of piperazine rings is 1. The average Bonchev–Trinajstić information content (AvgIpc) is 3.18. The minimum Gasteiger partial charge on any atom is -0.346 e. The molecule has 1 atom stereocenters. The van der Waals surface area contributed by atoms with E-state index in [0.717, 1.165) is 62.0 Å². The molecule has 4 rings (SSSR count). The van der Waals surface area contributed by atoms with Crippen LogP contribution in [-0.4, -0.2) is 82.8 Å². The maximum Gasteiger partial charge on any atom is 0.236 e. The highest BCUT2D eigenvalue weighted by molar-refractivity contribution is 6.09. The quantitative estimate of drug-likeness (QED) is 0.626. The van der Waals surface area contributed by atoms with Crippen molar-refractivity contribution in [1.29, 1.82) is 5.26 Å². The Hall–Kier alpha value is -2.69. The smallest absolute Gasteiger partial charge is 0.236 e. The molecule has 170 valence electrons. The number of para-hydroxylation sites is 1. The van der Waals surface area contributed by atoms with Gasteiger partial charge in [0.25, 0.3) is 0 Å². The maximum absolute atomic E-state index is 13.1. The summed E-state index contributed by atoms with van der Waals surface area (Å²) >= 11 is 0. The van der Waals surface area contributed by atoms with Crippen molar-refractivity contribution in [2.24, 2.45) is 0 Å². The SMILES string of the molecule is CC1CCCCN1C(=O)CN1CCN(CC(=O)c2cn(CCC#N)c3ccccc23)CC1. The fourth-order valence-electron chi connectivity index (χ4n) is 4.97. The number of likely N-dealkylation sites (tertiary alicyclic amines) is 1. The Balaban J connectivity index is 1.32. The summed E-state index contributed by atoms with van der Waals surface area (Å²) in [6, 6.07) is 10.4. The second-order valence-corrected chi connectivity index (χ2v) is 9.07. The minimum absolute atomic E-state index is 0.114. The van der Waals surface area contributed by atoms with Gasteiger partial charge in [0.05, 0.1) is 25.6 Å². The van der Waals surface area contributed by atoms with E-state index < -0.39 is 0 Å². The van der Waals surface area contributed by atoms with Crippen molar-refractivity contribution in [2.75, 3.05) is 45.8 Å². The second kappa shape index (κ2) is 10.3. The van der Waals surface area contributed by atoms with Crippen molar-refractivity contribution in [1.82, 2.24) is 19.3 Å². The molecule has 32 heavy (non-hydrogen) atoms. The molecule has 1 amide bonds. The van der Waals surface area contributed by atoms with E-state index in [0.29, 0.717) is 32.1 Å². The Morgan fingerprint density at radius 1 is 1.03 bits per heavy atom. The summed E-state index contributed by atoms with van der Waals surface area (Å²) in [5.74, 6) is 0.357. The monoisotopic (exact) mass is 435 g/mol. The highest BCUT2D eigenvalue weighted by Gasteiger charge is 2.27. The molecule has 0 N–H and O–H groups in total. The van der Waals surface area contributed by atoms with Crippen LogP contribution in [-0.2, 0) is 11.3 Å². The summed E-state index contributed by atoms with van der Waals surface area (Å²) < 4.78 is 2.01. The van der Waals surface area contributed by atoms with Crippen molar-refractivity contribution in [3.63, 3.8) is 0 Å². The molecule has 3 heterocycles. The van der Waals surface area contributed by atoms with Gasteiger partial charge < -0.3 is 9.47 Å². The van der Waals surface area contributed by atoms with E-state index in [2.05, 4.69) is 22.8 Å². The number of carbonyl (C=O) groups excluding carboxylic acids is 2. The number of amides is 1. The van der Waals surface area contributed by atoms with Gasteiger partial charge in [-0.1, -0.05) is 18.2 Å². The van der Waals surface area contributed by atoms with Gasteiger partial charge in [-0.05, 0) is 32.3 Å². The molecular weight excluding hydrogens is 402 g/mol. The van der Waals surface area contributed by atoms with Gasteiger partial charge in [-0.3, -0.25) is 19.4 Å².